The van der Waals surface area contributed by atoms with E-state index in [1.54, 1.807) is 0 Å². The average Bonchev–Trinajstić information content (AvgIpc) is 2.37. The standard InChI is InChI=1S/C13H10BrFN2O/c14-10-5-2-1-4-9(10)8-16-13(18)11-6-3-7-12(15)17-11/h1-7H,8H2,(H,16,18). The summed E-state index contributed by atoms with van der Waals surface area (Å²) in [4.78, 5) is 15.2. The molecule has 1 heterocycles. The van der Waals surface area contributed by atoms with Crippen LogP contribution in [0.2, 0.25) is 0 Å². The number of rotatable bonds is 3. The van der Waals surface area contributed by atoms with E-state index in [0.29, 0.717) is 6.54 Å². The molecule has 5 heteroatoms. The summed E-state index contributed by atoms with van der Waals surface area (Å²) >= 11 is 3.39. The van der Waals surface area contributed by atoms with E-state index in [4.69, 9.17) is 0 Å². The van der Waals surface area contributed by atoms with Crippen molar-refractivity contribution in [3.63, 3.8) is 0 Å². The SMILES string of the molecule is O=C(NCc1ccccc1Br)c1cccc(F)n1. The quantitative estimate of drug-likeness (QED) is 0.886. The summed E-state index contributed by atoms with van der Waals surface area (Å²) in [7, 11) is 0. The second kappa shape index (κ2) is 5.73. The first kappa shape index (κ1) is 12.7. The molecule has 1 N–H and O–H groups in total. The van der Waals surface area contributed by atoms with Crippen LogP contribution in [-0.4, -0.2) is 10.9 Å². The number of hydrogen-bond donors (Lipinski definition) is 1. The first-order chi connectivity index (χ1) is 8.66. The second-order valence-electron chi connectivity index (χ2n) is 3.62. The summed E-state index contributed by atoms with van der Waals surface area (Å²) in [5.41, 5.74) is 1.02. The molecule has 2 aromatic rings. The smallest absolute Gasteiger partial charge is 0.270 e. The minimum Gasteiger partial charge on any atom is -0.347 e. The van der Waals surface area contributed by atoms with E-state index in [1.165, 1.54) is 18.2 Å². The van der Waals surface area contributed by atoms with Gasteiger partial charge in [-0.25, -0.2) is 4.98 Å². The molecule has 0 radical (unpaired) electrons. The Hall–Kier alpha value is -1.75. The number of nitrogens with zero attached hydrogens (tertiary/aromatic N) is 1. The van der Waals surface area contributed by atoms with Gasteiger partial charge < -0.3 is 5.32 Å². The maximum atomic E-state index is 12.9. The first-order valence-electron chi connectivity index (χ1n) is 5.31. The highest BCUT2D eigenvalue weighted by atomic mass is 79.9. The Morgan fingerprint density at radius 2 is 2.00 bits per heavy atom. The lowest BCUT2D eigenvalue weighted by atomic mass is 10.2. The Morgan fingerprint density at radius 3 is 2.72 bits per heavy atom. The molecule has 0 aliphatic carbocycles. The lowest BCUT2D eigenvalue weighted by molar-refractivity contribution is 0.0944. The summed E-state index contributed by atoms with van der Waals surface area (Å²) in [6.07, 6.45) is 0. The van der Waals surface area contributed by atoms with Crippen LogP contribution in [0.4, 0.5) is 4.39 Å². The van der Waals surface area contributed by atoms with Gasteiger partial charge in [0.05, 0.1) is 0 Å². The van der Waals surface area contributed by atoms with Gasteiger partial charge in [0.1, 0.15) is 5.69 Å². The maximum Gasteiger partial charge on any atom is 0.270 e. The molecule has 0 atom stereocenters. The van der Waals surface area contributed by atoms with Gasteiger partial charge in [-0.05, 0) is 23.8 Å². The van der Waals surface area contributed by atoms with Crippen LogP contribution in [0.3, 0.4) is 0 Å². The van der Waals surface area contributed by atoms with Crippen molar-refractivity contribution in [2.45, 2.75) is 6.54 Å². The van der Waals surface area contributed by atoms with Crippen molar-refractivity contribution in [1.82, 2.24) is 10.3 Å². The Balaban J connectivity index is 2.03. The fraction of sp³-hybridized carbons (Fsp3) is 0.0769. The van der Waals surface area contributed by atoms with Gasteiger partial charge in [-0.2, -0.15) is 4.39 Å². The van der Waals surface area contributed by atoms with Crippen molar-refractivity contribution in [2.75, 3.05) is 0 Å². The van der Waals surface area contributed by atoms with Crippen LogP contribution in [0.1, 0.15) is 16.1 Å². The lowest BCUT2D eigenvalue weighted by Crippen LogP contribution is -2.24. The van der Waals surface area contributed by atoms with Gasteiger partial charge in [-0.15, -0.1) is 0 Å². The molecule has 0 aliphatic heterocycles. The van der Waals surface area contributed by atoms with Crippen molar-refractivity contribution >= 4 is 21.8 Å². The summed E-state index contributed by atoms with van der Waals surface area (Å²) in [5, 5.41) is 2.69. The van der Waals surface area contributed by atoms with Crippen molar-refractivity contribution in [3.05, 3.63) is 64.1 Å². The number of halogens is 2. The molecule has 0 saturated heterocycles. The molecular formula is C13H10BrFN2O. The lowest BCUT2D eigenvalue weighted by Gasteiger charge is -2.06. The van der Waals surface area contributed by atoms with E-state index in [1.807, 2.05) is 24.3 Å². The average molecular weight is 309 g/mol. The number of carbonyl (C=O) groups is 1. The van der Waals surface area contributed by atoms with E-state index in [-0.39, 0.29) is 5.69 Å². The van der Waals surface area contributed by atoms with Gasteiger partial charge >= 0.3 is 0 Å². The minimum absolute atomic E-state index is 0.0713. The van der Waals surface area contributed by atoms with Crippen molar-refractivity contribution < 1.29 is 9.18 Å². The predicted molar refractivity (Wildman–Crippen MR) is 69.5 cm³/mol. The molecule has 0 bridgehead atoms. The molecule has 92 valence electrons. The molecule has 3 nitrogen and oxygen atoms in total. The Morgan fingerprint density at radius 1 is 1.22 bits per heavy atom. The van der Waals surface area contributed by atoms with Crippen LogP contribution in [0.5, 0.6) is 0 Å². The van der Waals surface area contributed by atoms with Crippen LogP contribution in [0, 0.1) is 5.95 Å². The summed E-state index contributed by atoms with van der Waals surface area (Å²) in [6.45, 7) is 0.360. The highest BCUT2D eigenvalue weighted by Gasteiger charge is 2.08. The zero-order valence-corrected chi connectivity index (χ0v) is 10.9. The number of pyridine rings is 1. The zero-order valence-electron chi connectivity index (χ0n) is 9.36. The van der Waals surface area contributed by atoms with E-state index >= 15 is 0 Å². The highest BCUT2D eigenvalue weighted by molar-refractivity contribution is 9.10. The number of carbonyl (C=O) groups excluding carboxylic acids is 1. The summed E-state index contributed by atoms with van der Waals surface area (Å²) in [6, 6.07) is 11.7. The number of hydrogen-bond acceptors (Lipinski definition) is 2. The molecular weight excluding hydrogens is 299 g/mol. The van der Waals surface area contributed by atoms with Gasteiger partial charge in [0.25, 0.3) is 5.91 Å². The van der Waals surface area contributed by atoms with Crippen molar-refractivity contribution in [2.24, 2.45) is 0 Å². The number of aromatic nitrogens is 1. The molecule has 0 aliphatic rings. The number of nitrogens with one attached hydrogen (secondary N) is 1. The van der Waals surface area contributed by atoms with Crippen LogP contribution in [0.15, 0.2) is 46.9 Å². The Bertz CT molecular complexity index is 574. The molecule has 1 amide bonds. The molecule has 0 unspecified atom stereocenters. The van der Waals surface area contributed by atoms with E-state index in [2.05, 4.69) is 26.2 Å². The third-order valence-electron chi connectivity index (χ3n) is 2.34. The molecule has 2 rings (SSSR count). The summed E-state index contributed by atoms with van der Waals surface area (Å²) < 4.78 is 13.8. The monoisotopic (exact) mass is 308 g/mol. The number of benzene rings is 1. The van der Waals surface area contributed by atoms with E-state index < -0.39 is 11.9 Å². The van der Waals surface area contributed by atoms with Crippen LogP contribution in [-0.2, 0) is 6.54 Å². The zero-order chi connectivity index (χ0) is 13.0. The first-order valence-corrected chi connectivity index (χ1v) is 6.10. The van der Waals surface area contributed by atoms with Gasteiger partial charge in [0.15, 0.2) is 0 Å². The topological polar surface area (TPSA) is 42.0 Å². The van der Waals surface area contributed by atoms with Crippen molar-refractivity contribution in [3.8, 4) is 0 Å². The normalized spacial score (nSPS) is 10.1. The maximum absolute atomic E-state index is 12.9. The molecule has 0 saturated carbocycles. The molecule has 0 spiro atoms. The second-order valence-corrected chi connectivity index (χ2v) is 4.47. The molecule has 18 heavy (non-hydrogen) atoms. The third kappa shape index (κ3) is 3.13. The van der Waals surface area contributed by atoms with Crippen LogP contribution in [0.25, 0.3) is 0 Å². The van der Waals surface area contributed by atoms with E-state index in [0.717, 1.165) is 10.0 Å². The number of amides is 1. The molecule has 0 fully saturated rings. The molecule has 1 aromatic carbocycles. The van der Waals surface area contributed by atoms with Crippen LogP contribution < -0.4 is 5.32 Å². The predicted octanol–water partition coefficient (Wildman–Crippen LogP) is 2.91. The largest absolute Gasteiger partial charge is 0.347 e. The Labute approximate surface area is 112 Å². The van der Waals surface area contributed by atoms with Crippen molar-refractivity contribution in [1.29, 1.82) is 0 Å². The van der Waals surface area contributed by atoms with Gasteiger partial charge in [-0.1, -0.05) is 40.2 Å². The minimum atomic E-state index is -0.663. The van der Waals surface area contributed by atoms with Gasteiger partial charge in [0, 0.05) is 11.0 Å². The highest BCUT2D eigenvalue weighted by Crippen LogP contribution is 2.15. The fourth-order valence-corrected chi connectivity index (χ4v) is 1.87. The Kier molecular flexibility index (Phi) is 4.04. The molecule has 1 aromatic heterocycles. The summed E-state index contributed by atoms with van der Waals surface area (Å²) in [5.74, 6) is -1.06. The third-order valence-corrected chi connectivity index (χ3v) is 3.12. The van der Waals surface area contributed by atoms with Gasteiger partial charge in [-0.3, -0.25) is 4.79 Å². The van der Waals surface area contributed by atoms with Crippen LogP contribution >= 0.6 is 15.9 Å². The van der Waals surface area contributed by atoms with E-state index in [9.17, 15) is 9.18 Å². The fourth-order valence-electron chi connectivity index (χ4n) is 1.44. The van der Waals surface area contributed by atoms with Gasteiger partial charge in [0.2, 0.25) is 5.95 Å².